The summed E-state index contributed by atoms with van der Waals surface area (Å²) in [5.41, 5.74) is 0. The summed E-state index contributed by atoms with van der Waals surface area (Å²) in [5.74, 6) is 2.24. The van der Waals surface area contributed by atoms with Gasteiger partial charge in [0.05, 0.1) is 0 Å². The monoisotopic (exact) mass is 295 g/mol. The highest BCUT2D eigenvalue weighted by molar-refractivity contribution is 4.73. The van der Waals surface area contributed by atoms with Gasteiger partial charge in [-0.3, -0.25) is 0 Å². The first-order valence-electron chi connectivity index (χ1n) is 10.0. The average molecular weight is 296 g/mol. The molecule has 2 aliphatic rings. The third-order valence-electron chi connectivity index (χ3n) is 5.40. The third-order valence-corrected chi connectivity index (χ3v) is 5.40. The molecule has 0 aromatic rings. The maximum absolute atomic E-state index is 3.13. The number of rotatable bonds is 7. The van der Waals surface area contributed by atoms with Crippen LogP contribution in [0, 0.1) is 11.8 Å². The zero-order valence-electron chi connectivity index (χ0n) is 15.0. The van der Waals surface area contributed by atoms with Crippen LogP contribution in [-0.2, 0) is 0 Å². The largest absolute Gasteiger partial charge is 0.320 e. The van der Waals surface area contributed by atoms with Crippen LogP contribution in [0.2, 0.25) is 0 Å². The van der Waals surface area contributed by atoms with Gasteiger partial charge in [0.1, 0.15) is 0 Å². The van der Waals surface area contributed by atoms with Crippen LogP contribution in [0.4, 0.5) is 0 Å². The molecule has 1 heteroatoms. The predicted octanol–water partition coefficient (Wildman–Crippen LogP) is 6.32. The molecule has 2 saturated carbocycles. The summed E-state index contributed by atoms with van der Waals surface area (Å²) in [7, 11) is 2.01. The van der Waals surface area contributed by atoms with Gasteiger partial charge in [-0.2, -0.15) is 0 Å². The van der Waals surface area contributed by atoms with E-state index in [1.807, 2.05) is 7.05 Å². The Morgan fingerprint density at radius 2 is 1.24 bits per heavy atom. The van der Waals surface area contributed by atoms with Gasteiger partial charge in [0.25, 0.3) is 0 Å². The van der Waals surface area contributed by atoms with E-state index in [0.717, 1.165) is 11.8 Å². The zero-order valence-corrected chi connectivity index (χ0v) is 15.0. The van der Waals surface area contributed by atoms with Gasteiger partial charge >= 0.3 is 0 Å². The van der Waals surface area contributed by atoms with Crippen LogP contribution < -0.4 is 5.32 Å². The van der Waals surface area contributed by atoms with Crippen molar-refractivity contribution in [2.24, 2.45) is 11.8 Å². The molecule has 0 spiro atoms. The molecule has 0 atom stereocenters. The second kappa shape index (κ2) is 13.6. The third kappa shape index (κ3) is 10.3. The number of unbranched alkanes of at least 4 members (excludes halogenated alkanes) is 3. The second-order valence-corrected chi connectivity index (χ2v) is 7.41. The molecule has 0 aromatic carbocycles. The highest BCUT2D eigenvalue weighted by Gasteiger charge is 2.20. The quantitative estimate of drug-likeness (QED) is 0.542. The predicted molar refractivity (Wildman–Crippen MR) is 95.8 cm³/mol. The van der Waals surface area contributed by atoms with Crippen molar-refractivity contribution in [2.45, 2.75) is 103 Å². The minimum absolute atomic E-state index is 1.12. The molecule has 0 saturated heterocycles. The van der Waals surface area contributed by atoms with Gasteiger partial charge in [-0.25, -0.2) is 0 Å². The van der Waals surface area contributed by atoms with Crippen LogP contribution in [0.15, 0.2) is 0 Å². The molecule has 0 unspecified atom stereocenters. The molecular weight excluding hydrogens is 254 g/mol. The molecule has 2 fully saturated rings. The summed E-state index contributed by atoms with van der Waals surface area (Å²) >= 11 is 0. The maximum Gasteiger partial charge on any atom is -0.00519 e. The van der Waals surface area contributed by atoms with Gasteiger partial charge in [0.2, 0.25) is 0 Å². The van der Waals surface area contributed by atoms with Crippen molar-refractivity contribution in [1.29, 1.82) is 0 Å². The van der Waals surface area contributed by atoms with Crippen molar-refractivity contribution < 1.29 is 0 Å². The van der Waals surface area contributed by atoms with E-state index in [2.05, 4.69) is 12.2 Å². The van der Waals surface area contributed by atoms with Crippen molar-refractivity contribution in [3.63, 3.8) is 0 Å². The normalized spacial score (nSPS) is 20.9. The van der Waals surface area contributed by atoms with E-state index in [1.54, 1.807) is 32.1 Å². The Bertz CT molecular complexity index is 180. The van der Waals surface area contributed by atoms with Crippen LogP contribution in [0.25, 0.3) is 0 Å². The molecule has 2 rings (SSSR count). The molecule has 0 radical (unpaired) electrons. The van der Waals surface area contributed by atoms with Crippen LogP contribution in [0.3, 0.4) is 0 Å². The summed E-state index contributed by atoms with van der Waals surface area (Å²) < 4.78 is 0. The zero-order chi connectivity index (χ0) is 15.2. The minimum Gasteiger partial charge on any atom is -0.320 e. The van der Waals surface area contributed by atoms with E-state index in [9.17, 15) is 0 Å². The lowest BCUT2D eigenvalue weighted by Crippen LogP contribution is -2.14. The van der Waals surface area contributed by atoms with Gasteiger partial charge in [-0.15, -0.1) is 0 Å². The molecule has 1 N–H and O–H groups in total. The van der Waals surface area contributed by atoms with Gasteiger partial charge in [0, 0.05) is 0 Å². The Hall–Kier alpha value is -0.0400. The smallest absolute Gasteiger partial charge is 0.00519 e. The fourth-order valence-corrected chi connectivity index (χ4v) is 4.05. The Kier molecular flexibility index (Phi) is 12.3. The number of nitrogens with one attached hydrogen (secondary N) is 1. The molecule has 0 aromatic heterocycles. The molecule has 0 bridgehead atoms. The fraction of sp³-hybridized carbons (Fsp3) is 1.00. The van der Waals surface area contributed by atoms with E-state index in [1.165, 1.54) is 70.8 Å². The molecule has 0 amide bonds. The van der Waals surface area contributed by atoms with E-state index < -0.39 is 0 Å². The lowest BCUT2D eigenvalue weighted by atomic mass is 9.78. The van der Waals surface area contributed by atoms with Crippen LogP contribution in [0.5, 0.6) is 0 Å². The molecule has 126 valence electrons. The summed E-state index contributed by atoms with van der Waals surface area (Å²) in [6.45, 7) is 3.42. The first-order valence-corrected chi connectivity index (χ1v) is 10.0. The Morgan fingerprint density at radius 1 is 0.714 bits per heavy atom. The van der Waals surface area contributed by atoms with Crippen LogP contribution >= 0.6 is 0 Å². The summed E-state index contributed by atoms with van der Waals surface area (Å²) in [5, 5.41) is 3.13. The summed E-state index contributed by atoms with van der Waals surface area (Å²) in [4.78, 5) is 0. The topological polar surface area (TPSA) is 12.0 Å². The highest BCUT2D eigenvalue weighted by Crippen LogP contribution is 2.34. The molecule has 21 heavy (non-hydrogen) atoms. The van der Waals surface area contributed by atoms with E-state index >= 15 is 0 Å². The number of hydrogen-bond acceptors (Lipinski definition) is 1. The molecular formula is C20H41N. The maximum atomic E-state index is 3.13. The van der Waals surface area contributed by atoms with Gasteiger partial charge in [-0.1, -0.05) is 90.4 Å². The standard InChI is InChI=1S/C13H24.C7H17N/c1-3-7-12(8-4-1)11-13-9-5-2-6-10-13;1-3-4-5-6-7-8-2/h12-13H,1-11H2;8H,3-7H2,1-2H3. The van der Waals surface area contributed by atoms with Crippen molar-refractivity contribution in [3.8, 4) is 0 Å². The van der Waals surface area contributed by atoms with Gasteiger partial charge < -0.3 is 5.32 Å². The van der Waals surface area contributed by atoms with Crippen LogP contribution in [-0.4, -0.2) is 13.6 Å². The number of hydrogen-bond donors (Lipinski definition) is 1. The first kappa shape index (κ1) is 19.0. The van der Waals surface area contributed by atoms with Gasteiger partial charge in [0.15, 0.2) is 0 Å². The highest BCUT2D eigenvalue weighted by atomic mass is 14.8. The fourth-order valence-electron chi connectivity index (χ4n) is 4.05. The van der Waals surface area contributed by atoms with Crippen molar-refractivity contribution >= 4 is 0 Å². The van der Waals surface area contributed by atoms with Crippen LogP contribution in [0.1, 0.15) is 103 Å². The summed E-state index contributed by atoms with van der Waals surface area (Å²) in [6.07, 6.45) is 22.4. The Labute approximate surface area is 134 Å². The van der Waals surface area contributed by atoms with E-state index in [0.29, 0.717) is 0 Å². The molecule has 0 heterocycles. The SMILES string of the molecule is C1CCC(CC2CCCCC2)CC1.CCCCCCNC. The van der Waals surface area contributed by atoms with Crippen molar-refractivity contribution in [1.82, 2.24) is 5.32 Å². The van der Waals surface area contributed by atoms with E-state index in [-0.39, 0.29) is 0 Å². The van der Waals surface area contributed by atoms with Crippen molar-refractivity contribution in [3.05, 3.63) is 0 Å². The average Bonchev–Trinajstić information content (AvgIpc) is 2.54. The van der Waals surface area contributed by atoms with E-state index in [4.69, 9.17) is 0 Å². The summed E-state index contributed by atoms with van der Waals surface area (Å²) in [6, 6.07) is 0. The lowest BCUT2D eigenvalue weighted by molar-refractivity contribution is 0.244. The van der Waals surface area contributed by atoms with Crippen molar-refractivity contribution in [2.75, 3.05) is 13.6 Å². The molecule has 2 aliphatic carbocycles. The Balaban J connectivity index is 0.000000240. The molecule has 1 nitrogen and oxygen atoms in total. The van der Waals surface area contributed by atoms with Gasteiger partial charge in [-0.05, 0) is 38.3 Å². The first-order chi connectivity index (χ1) is 10.4. The lowest BCUT2D eigenvalue weighted by Gasteiger charge is -2.28. The molecule has 0 aliphatic heterocycles. The minimum atomic E-state index is 1.12. The Morgan fingerprint density at radius 3 is 1.67 bits per heavy atom. The second-order valence-electron chi connectivity index (χ2n) is 7.41.